The van der Waals surface area contributed by atoms with Crippen LogP contribution in [0.3, 0.4) is 0 Å². The first-order valence-electron chi connectivity index (χ1n) is 8.28. The SMILES string of the molecule is CCn1c(=O)[nH]c2cc(C(=O)N3CCCC(C(=O)NC)C3)ccc21. The van der Waals surface area contributed by atoms with E-state index >= 15 is 0 Å². The maximum absolute atomic E-state index is 12.8. The quantitative estimate of drug-likeness (QED) is 0.878. The number of aromatic nitrogens is 2. The van der Waals surface area contributed by atoms with E-state index in [0.29, 0.717) is 30.7 Å². The molecule has 1 atom stereocenters. The summed E-state index contributed by atoms with van der Waals surface area (Å²) in [5.74, 6) is -0.277. The lowest BCUT2D eigenvalue weighted by molar-refractivity contribution is -0.125. The molecule has 3 rings (SSSR count). The van der Waals surface area contributed by atoms with Crippen LogP contribution < -0.4 is 11.0 Å². The van der Waals surface area contributed by atoms with E-state index in [2.05, 4.69) is 10.3 Å². The maximum atomic E-state index is 12.8. The number of carbonyl (C=O) groups is 2. The highest BCUT2D eigenvalue weighted by Crippen LogP contribution is 2.20. The molecule has 1 aromatic carbocycles. The molecule has 128 valence electrons. The topological polar surface area (TPSA) is 87.2 Å². The molecule has 2 aromatic rings. The van der Waals surface area contributed by atoms with Gasteiger partial charge in [0.05, 0.1) is 17.0 Å². The van der Waals surface area contributed by atoms with Crippen LogP contribution in [0.2, 0.25) is 0 Å². The second-order valence-electron chi connectivity index (χ2n) is 6.11. The summed E-state index contributed by atoms with van der Waals surface area (Å²) in [5, 5.41) is 2.65. The van der Waals surface area contributed by atoms with Crippen LogP contribution >= 0.6 is 0 Å². The minimum Gasteiger partial charge on any atom is -0.359 e. The van der Waals surface area contributed by atoms with Gasteiger partial charge >= 0.3 is 5.69 Å². The number of aromatic amines is 1. The van der Waals surface area contributed by atoms with E-state index in [0.717, 1.165) is 18.4 Å². The number of nitrogens with zero attached hydrogens (tertiary/aromatic N) is 2. The molecule has 1 aliphatic heterocycles. The van der Waals surface area contributed by atoms with Crippen molar-refractivity contribution in [2.24, 2.45) is 5.92 Å². The predicted molar refractivity (Wildman–Crippen MR) is 90.9 cm³/mol. The van der Waals surface area contributed by atoms with Gasteiger partial charge in [0.25, 0.3) is 5.91 Å². The van der Waals surface area contributed by atoms with Crippen LogP contribution in [0.25, 0.3) is 11.0 Å². The van der Waals surface area contributed by atoms with Gasteiger partial charge in [-0.3, -0.25) is 14.2 Å². The zero-order valence-corrected chi connectivity index (χ0v) is 14.0. The Morgan fingerprint density at radius 2 is 2.17 bits per heavy atom. The van der Waals surface area contributed by atoms with Crippen LogP contribution in [0.5, 0.6) is 0 Å². The lowest BCUT2D eigenvalue weighted by Gasteiger charge is -2.31. The maximum Gasteiger partial charge on any atom is 0.326 e. The monoisotopic (exact) mass is 330 g/mol. The van der Waals surface area contributed by atoms with Crippen LogP contribution in [0, 0.1) is 5.92 Å². The summed E-state index contributed by atoms with van der Waals surface area (Å²) in [5.41, 5.74) is 1.81. The van der Waals surface area contributed by atoms with Gasteiger partial charge in [0, 0.05) is 32.2 Å². The molecule has 0 bridgehead atoms. The van der Waals surface area contributed by atoms with Crippen molar-refractivity contribution < 1.29 is 9.59 Å². The minimum atomic E-state index is -0.172. The molecule has 0 spiro atoms. The molecule has 7 nitrogen and oxygen atoms in total. The number of amides is 2. The Hall–Kier alpha value is -2.57. The van der Waals surface area contributed by atoms with Crippen molar-refractivity contribution in [3.05, 3.63) is 34.2 Å². The number of hydrogen-bond donors (Lipinski definition) is 2. The molecular weight excluding hydrogens is 308 g/mol. The fourth-order valence-electron chi connectivity index (χ4n) is 3.37. The molecule has 1 aromatic heterocycles. The summed E-state index contributed by atoms with van der Waals surface area (Å²) >= 11 is 0. The number of likely N-dealkylation sites (tertiary alicyclic amines) is 1. The second-order valence-corrected chi connectivity index (χ2v) is 6.11. The highest BCUT2D eigenvalue weighted by Gasteiger charge is 2.28. The predicted octanol–water partition coefficient (Wildman–Crippen LogP) is 0.948. The van der Waals surface area contributed by atoms with E-state index in [4.69, 9.17) is 0 Å². The highest BCUT2D eigenvalue weighted by molar-refractivity contribution is 5.97. The number of hydrogen-bond acceptors (Lipinski definition) is 3. The Kier molecular flexibility index (Phi) is 4.42. The van der Waals surface area contributed by atoms with Gasteiger partial charge < -0.3 is 15.2 Å². The van der Waals surface area contributed by atoms with Gasteiger partial charge in [-0.1, -0.05) is 0 Å². The van der Waals surface area contributed by atoms with Crippen molar-refractivity contribution in [2.45, 2.75) is 26.3 Å². The zero-order valence-electron chi connectivity index (χ0n) is 14.0. The molecule has 2 amide bonds. The van der Waals surface area contributed by atoms with Crippen LogP contribution in [-0.2, 0) is 11.3 Å². The van der Waals surface area contributed by atoms with E-state index in [1.54, 1.807) is 34.7 Å². The third-order valence-corrected chi connectivity index (χ3v) is 4.66. The molecule has 2 N–H and O–H groups in total. The van der Waals surface area contributed by atoms with E-state index in [-0.39, 0.29) is 23.4 Å². The van der Waals surface area contributed by atoms with Crippen molar-refractivity contribution >= 4 is 22.8 Å². The fraction of sp³-hybridized carbons (Fsp3) is 0.471. The summed E-state index contributed by atoms with van der Waals surface area (Å²) in [4.78, 5) is 41.0. The molecule has 1 fully saturated rings. The highest BCUT2D eigenvalue weighted by atomic mass is 16.2. The van der Waals surface area contributed by atoms with Crippen LogP contribution in [0.15, 0.2) is 23.0 Å². The third kappa shape index (κ3) is 2.81. The van der Waals surface area contributed by atoms with Gasteiger partial charge in [-0.05, 0) is 38.0 Å². The molecule has 0 aliphatic carbocycles. The Balaban J connectivity index is 1.85. The largest absolute Gasteiger partial charge is 0.359 e. The van der Waals surface area contributed by atoms with Gasteiger partial charge in [-0.25, -0.2) is 4.79 Å². The zero-order chi connectivity index (χ0) is 17.3. The number of rotatable bonds is 3. The molecule has 7 heteroatoms. The third-order valence-electron chi connectivity index (χ3n) is 4.66. The number of H-pyrrole nitrogens is 1. The normalized spacial score (nSPS) is 17.9. The average Bonchev–Trinajstić information content (AvgIpc) is 2.94. The number of imidazole rings is 1. The first-order valence-corrected chi connectivity index (χ1v) is 8.28. The summed E-state index contributed by atoms with van der Waals surface area (Å²) < 4.78 is 1.63. The number of fused-ring (bicyclic) bond motifs is 1. The van der Waals surface area contributed by atoms with Gasteiger partial charge in [0.1, 0.15) is 0 Å². The van der Waals surface area contributed by atoms with Crippen molar-refractivity contribution in [1.82, 2.24) is 19.8 Å². The fourth-order valence-corrected chi connectivity index (χ4v) is 3.37. The molecule has 0 radical (unpaired) electrons. The Bertz CT molecular complexity index is 836. The molecule has 24 heavy (non-hydrogen) atoms. The Morgan fingerprint density at radius 3 is 2.88 bits per heavy atom. The number of nitrogens with one attached hydrogen (secondary N) is 2. The molecule has 0 saturated carbocycles. The van der Waals surface area contributed by atoms with Crippen molar-refractivity contribution in [1.29, 1.82) is 0 Å². The number of carbonyl (C=O) groups excluding carboxylic acids is 2. The van der Waals surface area contributed by atoms with E-state index in [1.165, 1.54) is 0 Å². The Morgan fingerprint density at radius 1 is 1.38 bits per heavy atom. The average molecular weight is 330 g/mol. The summed E-state index contributed by atoms with van der Waals surface area (Å²) in [6, 6.07) is 5.26. The summed E-state index contributed by atoms with van der Waals surface area (Å²) in [7, 11) is 1.62. The molecule has 1 saturated heterocycles. The van der Waals surface area contributed by atoms with Crippen molar-refractivity contribution in [3.63, 3.8) is 0 Å². The number of benzene rings is 1. The van der Waals surface area contributed by atoms with Crippen LogP contribution in [0.1, 0.15) is 30.1 Å². The van der Waals surface area contributed by atoms with Gasteiger partial charge in [0.15, 0.2) is 0 Å². The van der Waals surface area contributed by atoms with Gasteiger partial charge in [-0.15, -0.1) is 0 Å². The minimum absolute atomic E-state index is 0.0210. The first kappa shape index (κ1) is 16.3. The van der Waals surface area contributed by atoms with Crippen molar-refractivity contribution in [2.75, 3.05) is 20.1 Å². The Labute approximate surface area is 139 Å². The number of aryl methyl sites for hydroxylation is 1. The molecule has 2 heterocycles. The van der Waals surface area contributed by atoms with Crippen LogP contribution in [-0.4, -0.2) is 46.4 Å². The molecule has 1 aliphatic rings. The van der Waals surface area contributed by atoms with Gasteiger partial charge in [0.2, 0.25) is 5.91 Å². The van der Waals surface area contributed by atoms with E-state index in [1.807, 2.05) is 6.92 Å². The second kappa shape index (κ2) is 6.51. The number of piperidine rings is 1. The first-order chi connectivity index (χ1) is 11.5. The van der Waals surface area contributed by atoms with E-state index in [9.17, 15) is 14.4 Å². The lowest BCUT2D eigenvalue weighted by atomic mass is 9.96. The summed E-state index contributed by atoms with van der Waals surface area (Å²) in [6.45, 7) is 3.56. The molecular formula is C17H22N4O3. The van der Waals surface area contributed by atoms with Gasteiger partial charge in [-0.2, -0.15) is 0 Å². The van der Waals surface area contributed by atoms with Crippen molar-refractivity contribution in [3.8, 4) is 0 Å². The van der Waals surface area contributed by atoms with E-state index < -0.39 is 0 Å². The van der Waals surface area contributed by atoms with Crippen LogP contribution in [0.4, 0.5) is 0 Å². The standard InChI is InChI=1S/C17H22N4O3/c1-3-21-14-7-6-11(9-13(14)19-17(21)24)16(23)20-8-4-5-12(10-20)15(22)18-2/h6-7,9,12H,3-5,8,10H2,1-2H3,(H,18,22)(H,19,24). The summed E-state index contributed by atoms with van der Waals surface area (Å²) in [6.07, 6.45) is 1.62. The lowest BCUT2D eigenvalue weighted by Crippen LogP contribution is -2.44. The molecule has 1 unspecified atom stereocenters. The smallest absolute Gasteiger partial charge is 0.326 e.